The molecule has 1 heterocycles. The lowest BCUT2D eigenvalue weighted by molar-refractivity contribution is -0.147. The van der Waals surface area contributed by atoms with Crippen LogP contribution in [0.3, 0.4) is 0 Å². The molecule has 1 amide bonds. The maximum atomic E-state index is 11.3. The summed E-state index contributed by atoms with van der Waals surface area (Å²) in [6.45, 7) is 1.47. The van der Waals surface area contributed by atoms with Crippen molar-refractivity contribution in [1.29, 1.82) is 0 Å². The Morgan fingerprint density at radius 2 is 2.13 bits per heavy atom. The molecule has 0 aliphatic carbocycles. The van der Waals surface area contributed by atoms with Crippen LogP contribution in [0.4, 0.5) is 0 Å². The molecular formula is C9H11NO5. The number of hydrogen-bond acceptors (Lipinski definition) is 4. The van der Waals surface area contributed by atoms with E-state index >= 15 is 0 Å². The molecule has 0 radical (unpaired) electrons. The van der Waals surface area contributed by atoms with Crippen LogP contribution in [0, 0.1) is 5.92 Å². The fourth-order valence-corrected chi connectivity index (χ4v) is 1.49. The van der Waals surface area contributed by atoms with Gasteiger partial charge >= 0.3 is 11.9 Å². The standard InChI is InChI=1S/C9H11NO5/c1-4-7(9(14)15-2)5(8(12)13)3-6(11)10-4/h5H,3H2,1-2H3,(H,10,11)(H,12,13)/t5-/m1/s1. The van der Waals surface area contributed by atoms with Gasteiger partial charge in [0.1, 0.15) is 0 Å². The number of rotatable bonds is 2. The number of carbonyl (C=O) groups excluding carboxylic acids is 2. The van der Waals surface area contributed by atoms with Gasteiger partial charge in [-0.3, -0.25) is 9.59 Å². The Morgan fingerprint density at radius 3 is 2.60 bits per heavy atom. The van der Waals surface area contributed by atoms with Gasteiger partial charge in [0.05, 0.1) is 18.6 Å². The maximum Gasteiger partial charge on any atom is 0.336 e. The quantitative estimate of drug-likeness (QED) is 0.612. The van der Waals surface area contributed by atoms with Crippen LogP contribution in [-0.4, -0.2) is 30.1 Å². The molecule has 0 unspecified atom stereocenters. The molecular weight excluding hydrogens is 202 g/mol. The first-order valence-electron chi connectivity index (χ1n) is 4.29. The van der Waals surface area contributed by atoms with Gasteiger partial charge in [0, 0.05) is 12.1 Å². The molecule has 0 spiro atoms. The lowest BCUT2D eigenvalue weighted by Gasteiger charge is -2.22. The minimum absolute atomic E-state index is 0.00426. The summed E-state index contributed by atoms with van der Waals surface area (Å²) in [6.07, 6.45) is -0.239. The average molecular weight is 213 g/mol. The van der Waals surface area contributed by atoms with Gasteiger partial charge in [-0.1, -0.05) is 0 Å². The lowest BCUT2D eigenvalue weighted by Crippen LogP contribution is -2.38. The van der Waals surface area contributed by atoms with E-state index in [1.807, 2.05) is 0 Å². The van der Waals surface area contributed by atoms with Crippen LogP contribution < -0.4 is 5.32 Å². The molecule has 15 heavy (non-hydrogen) atoms. The van der Waals surface area contributed by atoms with Crippen LogP contribution in [0.25, 0.3) is 0 Å². The van der Waals surface area contributed by atoms with E-state index in [0.29, 0.717) is 0 Å². The van der Waals surface area contributed by atoms with E-state index in [2.05, 4.69) is 10.1 Å². The predicted octanol–water partition coefficient (Wildman–Crippen LogP) is -0.346. The molecule has 0 aromatic heterocycles. The van der Waals surface area contributed by atoms with Gasteiger partial charge in [-0.2, -0.15) is 0 Å². The molecule has 0 saturated carbocycles. The van der Waals surface area contributed by atoms with Gasteiger partial charge in [-0.25, -0.2) is 4.79 Å². The lowest BCUT2D eigenvalue weighted by atomic mass is 9.90. The molecule has 6 heteroatoms. The predicted molar refractivity (Wildman–Crippen MR) is 48.6 cm³/mol. The number of hydrogen-bond donors (Lipinski definition) is 2. The summed E-state index contributed by atoms with van der Waals surface area (Å²) in [5.41, 5.74) is 0.245. The van der Waals surface area contributed by atoms with Crippen molar-refractivity contribution in [2.75, 3.05) is 7.11 Å². The first-order valence-corrected chi connectivity index (χ1v) is 4.29. The van der Waals surface area contributed by atoms with E-state index in [1.54, 1.807) is 0 Å². The summed E-state index contributed by atoms with van der Waals surface area (Å²) in [4.78, 5) is 33.2. The molecule has 82 valence electrons. The van der Waals surface area contributed by atoms with E-state index in [0.717, 1.165) is 7.11 Å². The second-order valence-electron chi connectivity index (χ2n) is 3.17. The Hall–Kier alpha value is -1.85. The Morgan fingerprint density at radius 1 is 1.53 bits per heavy atom. The molecule has 0 fully saturated rings. The Balaban J connectivity index is 3.14. The van der Waals surface area contributed by atoms with Crippen molar-refractivity contribution in [2.24, 2.45) is 5.92 Å². The van der Waals surface area contributed by atoms with Crippen LogP contribution in [0.2, 0.25) is 0 Å². The zero-order chi connectivity index (χ0) is 11.6. The first-order chi connectivity index (χ1) is 6.97. The van der Waals surface area contributed by atoms with Crippen molar-refractivity contribution >= 4 is 17.8 Å². The number of esters is 1. The Kier molecular flexibility index (Phi) is 3.08. The summed E-state index contributed by atoms with van der Waals surface area (Å²) in [5.74, 6) is -3.46. The number of aliphatic carboxylic acids is 1. The first kappa shape index (κ1) is 11.2. The monoisotopic (exact) mass is 213 g/mol. The summed E-state index contributed by atoms with van der Waals surface area (Å²) >= 11 is 0. The van der Waals surface area contributed by atoms with Gasteiger partial charge < -0.3 is 15.2 Å². The molecule has 0 aromatic rings. The molecule has 1 aliphatic heterocycles. The number of nitrogens with one attached hydrogen (secondary N) is 1. The highest BCUT2D eigenvalue weighted by molar-refractivity contribution is 6.00. The van der Waals surface area contributed by atoms with Crippen LogP contribution in [0.15, 0.2) is 11.3 Å². The van der Waals surface area contributed by atoms with Crippen LogP contribution in [0.1, 0.15) is 13.3 Å². The Bertz CT molecular complexity index is 358. The number of carbonyl (C=O) groups is 3. The number of carboxylic acids is 1. The van der Waals surface area contributed by atoms with E-state index in [9.17, 15) is 14.4 Å². The topological polar surface area (TPSA) is 92.7 Å². The number of allylic oxidation sites excluding steroid dienone is 1. The molecule has 2 N–H and O–H groups in total. The number of methoxy groups -OCH3 is 1. The Labute approximate surface area is 85.9 Å². The third-order valence-electron chi connectivity index (χ3n) is 2.17. The van der Waals surface area contributed by atoms with Crippen molar-refractivity contribution in [2.45, 2.75) is 13.3 Å². The molecule has 0 bridgehead atoms. The van der Waals surface area contributed by atoms with Crippen molar-refractivity contribution in [1.82, 2.24) is 5.32 Å². The highest BCUT2D eigenvalue weighted by Crippen LogP contribution is 2.23. The van der Waals surface area contributed by atoms with E-state index in [1.165, 1.54) is 6.92 Å². The smallest absolute Gasteiger partial charge is 0.336 e. The molecule has 1 rings (SSSR count). The third kappa shape index (κ3) is 2.15. The molecule has 1 atom stereocenters. The highest BCUT2D eigenvalue weighted by Gasteiger charge is 2.35. The second kappa shape index (κ2) is 4.12. The number of ether oxygens (including phenoxy) is 1. The summed E-state index contributed by atoms with van der Waals surface area (Å²) in [5, 5.41) is 11.3. The normalized spacial score (nSPS) is 20.9. The second-order valence-corrected chi connectivity index (χ2v) is 3.17. The maximum absolute atomic E-state index is 11.3. The number of carboxylic acid groups (broad SMARTS) is 1. The van der Waals surface area contributed by atoms with E-state index < -0.39 is 23.8 Å². The summed E-state index contributed by atoms with van der Waals surface area (Å²) in [6, 6.07) is 0. The van der Waals surface area contributed by atoms with Gasteiger partial charge in [0.15, 0.2) is 0 Å². The molecule has 0 saturated heterocycles. The third-order valence-corrected chi connectivity index (χ3v) is 2.17. The minimum Gasteiger partial charge on any atom is -0.481 e. The van der Waals surface area contributed by atoms with Gasteiger partial charge in [-0.05, 0) is 6.92 Å². The van der Waals surface area contributed by atoms with E-state index in [4.69, 9.17) is 5.11 Å². The average Bonchev–Trinajstić information content (AvgIpc) is 2.15. The van der Waals surface area contributed by atoms with Crippen molar-refractivity contribution in [3.63, 3.8) is 0 Å². The van der Waals surface area contributed by atoms with Crippen LogP contribution in [0.5, 0.6) is 0 Å². The van der Waals surface area contributed by atoms with Crippen LogP contribution >= 0.6 is 0 Å². The fraction of sp³-hybridized carbons (Fsp3) is 0.444. The van der Waals surface area contributed by atoms with Crippen molar-refractivity contribution < 1.29 is 24.2 Å². The SMILES string of the molecule is COC(=O)C1=C(C)NC(=O)C[C@H]1C(=O)O. The van der Waals surface area contributed by atoms with Gasteiger partial charge in [0.25, 0.3) is 0 Å². The minimum atomic E-state index is -1.20. The highest BCUT2D eigenvalue weighted by atomic mass is 16.5. The van der Waals surface area contributed by atoms with Gasteiger partial charge in [0.2, 0.25) is 5.91 Å². The van der Waals surface area contributed by atoms with Crippen molar-refractivity contribution in [3.05, 3.63) is 11.3 Å². The van der Waals surface area contributed by atoms with E-state index in [-0.39, 0.29) is 17.7 Å². The zero-order valence-electron chi connectivity index (χ0n) is 8.36. The van der Waals surface area contributed by atoms with Crippen molar-refractivity contribution in [3.8, 4) is 0 Å². The van der Waals surface area contributed by atoms with Crippen LogP contribution in [-0.2, 0) is 19.1 Å². The fourth-order valence-electron chi connectivity index (χ4n) is 1.49. The largest absolute Gasteiger partial charge is 0.481 e. The van der Waals surface area contributed by atoms with Gasteiger partial charge in [-0.15, -0.1) is 0 Å². The molecule has 0 aromatic carbocycles. The molecule has 1 aliphatic rings. The number of amides is 1. The molecule has 6 nitrogen and oxygen atoms in total. The summed E-state index contributed by atoms with van der Waals surface area (Å²) in [7, 11) is 1.16. The zero-order valence-corrected chi connectivity index (χ0v) is 8.36. The summed E-state index contributed by atoms with van der Waals surface area (Å²) < 4.78 is 4.46.